The number of hydrogen-bond donors (Lipinski definition) is 0. The van der Waals surface area contributed by atoms with Crippen LogP contribution in [0.5, 0.6) is 0 Å². The molecule has 1 aromatic heterocycles. The molecular weight excluding hydrogens is 436 g/mol. The van der Waals surface area contributed by atoms with Crippen LogP contribution in [0.15, 0.2) is 39.8 Å². The molecule has 146 valence electrons. The summed E-state index contributed by atoms with van der Waals surface area (Å²) >= 11 is 5.15. The Morgan fingerprint density at radius 2 is 2.07 bits per heavy atom. The van der Waals surface area contributed by atoms with Gasteiger partial charge in [0.1, 0.15) is 11.9 Å². The van der Waals surface area contributed by atoms with E-state index in [1.807, 2.05) is 4.90 Å². The van der Waals surface area contributed by atoms with Crippen molar-refractivity contribution >= 4 is 39.4 Å². The fraction of sp³-hybridized carbons (Fsp3) is 0.381. The third-order valence-corrected chi connectivity index (χ3v) is 6.86. The predicted octanol–water partition coefficient (Wildman–Crippen LogP) is 4.16. The quantitative estimate of drug-likeness (QED) is 0.643. The van der Waals surface area contributed by atoms with Crippen molar-refractivity contribution in [2.75, 3.05) is 36.8 Å². The molecular formula is C21H23BrN4OS. The largest absolute Gasteiger partial charge is 0.354 e. The Bertz CT molecular complexity index is 912. The molecule has 7 heteroatoms. The Balaban J connectivity index is 1.60. The Labute approximate surface area is 178 Å². The molecule has 0 aliphatic carbocycles. The fourth-order valence-electron chi connectivity index (χ4n) is 3.26. The lowest BCUT2D eigenvalue weighted by atomic mass is 10.2. The highest BCUT2D eigenvalue weighted by Crippen LogP contribution is 2.28. The number of benzene rings is 1. The van der Waals surface area contributed by atoms with Crippen LogP contribution < -0.4 is 4.90 Å². The van der Waals surface area contributed by atoms with Gasteiger partial charge in [-0.05, 0) is 55.7 Å². The molecule has 0 atom stereocenters. The second kappa shape index (κ2) is 9.44. The maximum atomic E-state index is 12.8. The van der Waals surface area contributed by atoms with Gasteiger partial charge in [-0.15, -0.1) is 11.8 Å². The Morgan fingerprint density at radius 3 is 2.86 bits per heavy atom. The van der Waals surface area contributed by atoms with E-state index in [-0.39, 0.29) is 5.91 Å². The van der Waals surface area contributed by atoms with Gasteiger partial charge < -0.3 is 9.80 Å². The zero-order valence-corrected chi connectivity index (χ0v) is 18.5. The minimum atomic E-state index is 0.161. The molecule has 0 radical (unpaired) electrons. The van der Waals surface area contributed by atoms with E-state index in [9.17, 15) is 10.1 Å². The monoisotopic (exact) mass is 458 g/mol. The van der Waals surface area contributed by atoms with E-state index < -0.39 is 0 Å². The number of pyridine rings is 1. The number of aromatic nitrogens is 1. The minimum Gasteiger partial charge on any atom is -0.354 e. The van der Waals surface area contributed by atoms with Crippen molar-refractivity contribution < 1.29 is 4.79 Å². The van der Waals surface area contributed by atoms with Crippen LogP contribution in [0.4, 0.5) is 5.82 Å². The summed E-state index contributed by atoms with van der Waals surface area (Å²) in [4.78, 5) is 22.3. The average Bonchev–Trinajstić information content (AvgIpc) is 2.95. The number of thioether (sulfide) groups is 1. The first-order valence-electron chi connectivity index (χ1n) is 9.27. The summed E-state index contributed by atoms with van der Waals surface area (Å²) in [6.07, 6.45) is 2.58. The summed E-state index contributed by atoms with van der Waals surface area (Å²) in [5.74, 6) is 1.32. The normalized spacial score (nSPS) is 14.5. The van der Waals surface area contributed by atoms with Crippen molar-refractivity contribution in [3.63, 3.8) is 0 Å². The van der Waals surface area contributed by atoms with E-state index in [2.05, 4.69) is 57.9 Å². The average molecular weight is 459 g/mol. The predicted molar refractivity (Wildman–Crippen MR) is 117 cm³/mol. The molecule has 1 saturated heterocycles. The van der Waals surface area contributed by atoms with Crippen molar-refractivity contribution in [3.05, 3.63) is 51.6 Å². The second-order valence-electron chi connectivity index (χ2n) is 6.86. The highest BCUT2D eigenvalue weighted by atomic mass is 79.9. The smallest absolute Gasteiger partial charge is 0.232 e. The third-order valence-electron chi connectivity index (χ3n) is 4.86. The summed E-state index contributed by atoms with van der Waals surface area (Å²) in [5.41, 5.74) is 2.94. The van der Waals surface area contributed by atoms with Gasteiger partial charge in [0.15, 0.2) is 0 Å². The Kier molecular flexibility index (Phi) is 6.97. The van der Waals surface area contributed by atoms with Gasteiger partial charge in [0.05, 0.1) is 11.3 Å². The number of rotatable bonds is 4. The molecule has 2 aromatic rings. The summed E-state index contributed by atoms with van der Waals surface area (Å²) < 4.78 is 1.10. The van der Waals surface area contributed by atoms with Crippen molar-refractivity contribution in [2.24, 2.45) is 0 Å². The maximum Gasteiger partial charge on any atom is 0.232 e. The first-order chi connectivity index (χ1) is 13.5. The molecule has 1 aliphatic rings. The Morgan fingerprint density at radius 1 is 1.25 bits per heavy atom. The van der Waals surface area contributed by atoms with Crippen LogP contribution in [0.25, 0.3) is 0 Å². The van der Waals surface area contributed by atoms with E-state index in [4.69, 9.17) is 0 Å². The zero-order valence-electron chi connectivity index (χ0n) is 16.1. The molecule has 1 amide bonds. The number of carbonyl (C=O) groups is 1. The molecule has 5 nitrogen and oxygen atoms in total. The van der Waals surface area contributed by atoms with Crippen molar-refractivity contribution in [1.29, 1.82) is 5.26 Å². The zero-order chi connectivity index (χ0) is 20.1. The van der Waals surface area contributed by atoms with Crippen molar-refractivity contribution in [2.45, 2.75) is 25.2 Å². The Hall–Kier alpha value is -2.04. The van der Waals surface area contributed by atoms with E-state index >= 15 is 0 Å². The first-order valence-corrected chi connectivity index (χ1v) is 11.0. The molecule has 0 spiro atoms. The number of amides is 1. The number of carbonyl (C=O) groups excluding carboxylic acids is 1. The van der Waals surface area contributed by atoms with Crippen molar-refractivity contribution in [1.82, 2.24) is 9.88 Å². The van der Waals surface area contributed by atoms with Gasteiger partial charge in [-0.1, -0.05) is 15.9 Å². The molecule has 0 bridgehead atoms. The van der Waals surface area contributed by atoms with E-state index in [0.29, 0.717) is 24.4 Å². The van der Waals surface area contributed by atoms with Crippen LogP contribution in [0.1, 0.15) is 23.1 Å². The lowest BCUT2D eigenvalue weighted by molar-refractivity contribution is -0.128. The highest BCUT2D eigenvalue weighted by Gasteiger charge is 2.21. The van der Waals surface area contributed by atoms with Gasteiger partial charge >= 0.3 is 0 Å². The SMILES string of the molecule is Cc1cc(SCC(=O)N2CCCN(c3ncccc3C#N)CC2)c(C)cc1Br. The van der Waals surface area contributed by atoms with Gasteiger partial charge in [-0.2, -0.15) is 5.26 Å². The number of nitrogens with zero attached hydrogens (tertiary/aromatic N) is 4. The van der Waals surface area contributed by atoms with Crippen molar-refractivity contribution in [3.8, 4) is 6.07 Å². The number of nitriles is 1. The summed E-state index contributed by atoms with van der Waals surface area (Å²) in [6, 6.07) is 10.0. The van der Waals surface area contributed by atoms with Gasteiger partial charge in [0.25, 0.3) is 0 Å². The number of aryl methyl sites for hydroxylation is 2. The summed E-state index contributed by atoms with van der Waals surface area (Å²) in [5, 5.41) is 9.31. The topological polar surface area (TPSA) is 60.2 Å². The number of halogens is 1. The van der Waals surface area contributed by atoms with Gasteiger partial charge in [0, 0.05) is 41.7 Å². The molecule has 0 N–H and O–H groups in total. The molecule has 2 heterocycles. The fourth-order valence-corrected chi connectivity index (χ4v) is 4.72. The van der Waals surface area contributed by atoms with E-state index in [0.717, 1.165) is 34.7 Å². The van der Waals surface area contributed by atoms with Crippen LogP contribution in [0, 0.1) is 25.2 Å². The van der Waals surface area contributed by atoms with Crippen LogP contribution >= 0.6 is 27.7 Å². The molecule has 0 saturated carbocycles. The lowest BCUT2D eigenvalue weighted by Crippen LogP contribution is -2.36. The van der Waals surface area contributed by atoms with E-state index in [1.54, 1.807) is 30.1 Å². The van der Waals surface area contributed by atoms with Crippen LogP contribution in [0.2, 0.25) is 0 Å². The lowest BCUT2D eigenvalue weighted by Gasteiger charge is -2.23. The van der Waals surface area contributed by atoms with Crippen LogP contribution in [-0.4, -0.2) is 47.7 Å². The molecule has 1 aliphatic heterocycles. The van der Waals surface area contributed by atoms with Gasteiger partial charge in [-0.25, -0.2) is 4.98 Å². The molecule has 28 heavy (non-hydrogen) atoms. The van der Waals surface area contributed by atoms with E-state index in [1.165, 1.54) is 11.1 Å². The minimum absolute atomic E-state index is 0.161. The second-order valence-corrected chi connectivity index (χ2v) is 8.73. The standard InChI is InChI=1S/C21H23BrN4OS/c1-15-12-19(16(2)11-18(15)22)28-14-20(27)25-7-4-8-26(10-9-25)21-17(13-23)5-3-6-24-21/h3,5-6,11-12H,4,7-10,14H2,1-2H3. The molecule has 1 fully saturated rings. The van der Waals surface area contributed by atoms with Gasteiger partial charge in [0.2, 0.25) is 5.91 Å². The maximum absolute atomic E-state index is 12.8. The van der Waals surface area contributed by atoms with Crippen LogP contribution in [0.3, 0.4) is 0 Å². The van der Waals surface area contributed by atoms with Gasteiger partial charge in [-0.3, -0.25) is 4.79 Å². The third kappa shape index (κ3) is 4.86. The first kappa shape index (κ1) is 20.7. The highest BCUT2D eigenvalue weighted by molar-refractivity contribution is 9.10. The molecule has 3 rings (SSSR count). The van der Waals surface area contributed by atoms with Crippen LogP contribution in [-0.2, 0) is 4.79 Å². The number of anilines is 1. The summed E-state index contributed by atoms with van der Waals surface area (Å²) in [7, 11) is 0. The number of hydrogen-bond acceptors (Lipinski definition) is 5. The molecule has 1 aromatic carbocycles. The summed E-state index contributed by atoms with van der Waals surface area (Å²) in [6.45, 7) is 7.01. The molecule has 0 unspecified atom stereocenters.